The Labute approximate surface area is 258 Å². The van der Waals surface area contributed by atoms with Gasteiger partial charge >= 0.3 is 12.4 Å². The maximum atomic E-state index is 12.7. The molecule has 0 amide bonds. The summed E-state index contributed by atoms with van der Waals surface area (Å²) < 4.78 is 30.7. The van der Waals surface area contributed by atoms with Crippen LogP contribution in [-0.4, -0.2) is 52.4 Å². The lowest BCUT2D eigenvalue weighted by Crippen LogP contribution is -2.38. The van der Waals surface area contributed by atoms with Crippen LogP contribution < -0.4 is 20.7 Å². The molecule has 3 atom stereocenters. The third-order valence-electron chi connectivity index (χ3n) is 7.55. The number of benzene rings is 3. The molecule has 13 heteroatoms. The number of nitrogens with one attached hydrogen (secondary N) is 1. The molecule has 3 N–H and O–H groups in total. The first-order chi connectivity index (χ1) is 21.0. The summed E-state index contributed by atoms with van der Waals surface area (Å²) in [6.45, 7) is -2.68. The molecule has 0 bridgehead atoms. The van der Waals surface area contributed by atoms with E-state index in [9.17, 15) is 19.4 Å². The number of aromatic nitrogens is 2. The molecule has 5 rings (SSSR count). The van der Waals surface area contributed by atoms with Crippen molar-refractivity contribution in [3.05, 3.63) is 128 Å². The average Bonchev–Trinajstić information content (AvgIpc) is 3.41. The first-order valence-electron chi connectivity index (χ1n) is 13.7. The highest BCUT2D eigenvalue weighted by molar-refractivity contribution is 8.06. The number of nitrogens with zero attached hydrogens (tertiary/aromatic N) is 1. The lowest BCUT2D eigenvalue weighted by molar-refractivity contribution is -0.0924. The van der Waals surface area contributed by atoms with Crippen LogP contribution in [0.5, 0.6) is 11.5 Å². The summed E-state index contributed by atoms with van der Waals surface area (Å²) in [5, 5.41) is 0. The van der Waals surface area contributed by atoms with Crippen LogP contribution in [0.2, 0.25) is 0 Å². The van der Waals surface area contributed by atoms with Crippen LogP contribution in [0.1, 0.15) is 34.9 Å². The molecule has 3 aromatic carbocycles. The van der Waals surface area contributed by atoms with Crippen molar-refractivity contribution < 1.29 is 33.3 Å². The Balaban J connectivity index is 1.59. The molecule has 1 aliphatic rings. The van der Waals surface area contributed by atoms with Crippen molar-refractivity contribution in [3.63, 3.8) is 0 Å². The van der Waals surface area contributed by atoms with Crippen molar-refractivity contribution in [2.75, 3.05) is 20.8 Å². The van der Waals surface area contributed by atoms with E-state index in [-0.39, 0.29) is 13.0 Å². The van der Waals surface area contributed by atoms with Gasteiger partial charge in [0.05, 0.1) is 26.9 Å². The van der Waals surface area contributed by atoms with Crippen molar-refractivity contribution >= 4 is 18.5 Å². The van der Waals surface area contributed by atoms with Gasteiger partial charge in [-0.15, -0.1) is 0 Å². The highest BCUT2D eigenvalue weighted by Crippen LogP contribution is 2.46. The van der Waals surface area contributed by atoms with Crippen LogP contribution in [0.15, 0.2) is 94.6 Å². The Hall–Kier alpha value is -3.61. The smallest absolute Gasteiger partial charge is 0.330 e. The molecule has 1 aliphatic heterocycles. The second kappa shape index (κ2) is 13.2. The van der Waals surface area contributed by atoms with Gasteiger partial charge in [-0.25, -0.2) is 4.79 Å². The number of ether oxygens (including phenoxy) is 4. The van der Waals surface area contributed by atoms with Gasteiger partial charge in [-0.1, -0.05) is 54.6 Å². The zero-order chi connectivity index (χ0) is 31.5. The molecule has 1 aromatic heterocycles. The second-order valence-corrected chi connectivity index (χ2v) is 12.9. The fourth-order valence-corrected chi connectivity index (χ4v) is 6.30. The van der Waals surface area contributed by atoms with Gasteiger partial charge in [-0.3, -0.25) is 14.3 Å². The van der Waals surface area contributed by atoms with Crippen LogP contribution in [0.4, 0.5) is 0 Å². The summed E-state index contributed by atoms with van der Waals surface area (Å²) in [5.41, 5.74) is 0.312. The summed E-state index contributed by atoms with van der Waals surface area (Å²) in [5.74, 6) is 1.33. The lowest BCUT2D eigenvalue weighted by Gasteiger charge is -2.37. The van der Waals surface area contributed by atoms with Gasteiger partial charge in [0.25, 0.3) is 5.56 Å². The molecular weight excluding hydrogens is 607 g/mol. The Bertz CT molecular complexity index is 1690. The Kier molecular flexibility index (Phi) is 9.52. The van der Waals surface area contributed by atoms with Crippen molar-refractivity contribution in [2.24, 2.45) is 0 Å². The fourth-order valence-electron chi connectivity index (χ4n) is 5.39. The minimum atomic E-state index is -4.13. The quantitative estimate of drug-likeness (QED) is 0.164. The van der Waals surface area contributed by atoms with Crippen LogP contribution in [0.25, 0.3) is 0 Å². The fraction of sp³-hybridized carbons (Fsp3) is 0.290. The highest BCUT2D eigenvalue weighted by atomic mass is 32.5. The highest BCUT2D eigenvalue weighted by Gasteiger charge is 2.44. The van der Waals surface area contributed by atoms with E-state index in [2.05, 4.69) is 4.98 Å². The van der Waals surface area contributed by atoms with Crippen molar-refractivity contribution in [2.45, 2.75) is 37.4 Å². The van der Waals surface area contributed by atoms with E-state index >= 15 is 0 Å². The molecular formula is C31H33N2O9PS. The van der Waals surface area contributed by atoms with Gasteiger partial charge in [-0.05, 0) is 59.7 Å². The minimum Gasteiger partial charge on any atom is -0.497 e. The zero-order valence-corrected chi connectivity index (χ0v) is 26.0. The van der Waals surface area contributed by atoms with Gasteiger partial charge in [0.15, 0.2) is 0 Å². The van der Waals surface area contributed by atoms with Crippen molar-refractivity contribution in [1.82, 2.24) is 9.55 Å². The molecule has 1 saturated heterocycles. The van der Waals surface area contributed by atoms with Gasteiger partial charge in [0, 0.05) is 18.2 Å². The number of hydrogen-bond acceptors (Lipinski definition) is 8. The Morgan fingerprint density at radius 2 is 1.48 bits per heavy atom. The molecule has 0 spiro atoms. The maximum Gasteiger partial charge on any atom is 0.330 e. The number of H-pyrrole nitrogens is 1. The molecule has 0 saturated carbocycles. The molecule has 1 fully saturated rings. The summed E-state index contributed by atoms with van der Waals surface area (Å²) in [6.07, 6.45) is -1.29. The van der Waals surface area contributed by atoms with E-state index in [1.807, 2.05) is 78.9 Å². The van der Waals surface area contributed by atoms with Crippen LogP contribution in [0, 0.1) is 6.92 Å². The molecule has 2 heterocycles. The molecule has 0 aliphatic carbocycles. The summed E-state index contributed by atoms with van der Waals surface area (Å²) in [7, 11) is 3.18. The van der Waals surface area contributed by atoms with E-state index in [1.165, 1.54) is 10.8 Å². The molecule has 0 radical (unpaired) electrons. The normalized spacial score (nSPS) is 18.7. The standard InChI is InChI=1S/C31H33N2O9PS/c1-20-18-33(30(35)32-29(20)34)28-17-26(42-43(36,37)44)27(41-28)19-40-31(21-7-5-4-6-8-21,22-9-13-24(38-2)14-10-22)23-11-15-25(39-3)16-12-23/h4-16,18,26-28H,17,19H2,1-3H3,(H,32,34,35)(H2,36,37,44)/t26?,27-,28-/m1/s1. The molecule has 44 heavy (non-hydrogen) atoms. The molecule has 4 aromatic rings. The largest absolute Gasteiger partial charge is 0.497 e. The number of methoxy groups -OCH3 is 2. The number of rotatable bonds is 11. The predicted molar refractivity (Wildman–Crippen MR) is 166 cm³/mol. The first-order valence-corrected chi connectivity index (χ1v) is 16.4. The van der Waals surface area contributed by atoms with Gasteiger partial charge in [0.2, 0.25) is 0 Å². The number of hydrogen-bond donors (Lipinski definition) is 3. The van der Waals surface area contributed by atoms with Crippen LogP contribution in [-0.2, 0) is 31.4 Å². The van der Waals surface area contributed by atoms with Gasteiger partial charge in [-0.2, -0.15) is 0 Å². The van der Waals surface area contributed by atoms with Crippen molar-refractivity contribution in [3.8, 4) is 11.5 Å². The van der Waals surface area contributed by atoms with E-state index in [1.54, 1.807) is 21.1 Å². The Morgan fingerprint density at radius 1 is 0.932 bits per heavy atom. The number of aromatic amines is 1. The monoisotopic (exact) mass is 640 g/mol. The maximum absolute atomic E-state index is 12.7. The van der Waals surface area contributed by atoms with E-state index in [4.69, 9.17) is 35.3 Å². The third-order valence-corrected chi connectivity index (χ3v) is 8.35. The van der Waals surface area contributed by atoms with E-state index in [0.29, 0.717) is 17.1 Å². The predicted octanol–water partition coefficient (Wildman–Crippen LogP) is 3.75. The first kappa shape index (κ1) is 31.8. The zero-order valence-electron chi connectivity index (χ0n) is 24.3. The summed E-state index contributed by atoms with van der Waals surface area (Å²) in [4.78, 5) is 47.1. The topological polar surface area (TPSA) is 141 Å². The van der Waals surface area contributed by atoms with Gasteiger partial charge in [0.1, 0.15) is 29.4 Å². The molecule has 1 unspecified atom stereocenters. The molecule has 232 valence electrons. The summed E-state index contributed by atoms with van der Waals surface area (Å²) >= 11 is 4.79. The van der Waals surface area contributed by atoms with E-state index < -0.39 is 42.0 Å². The second-order valence-electron chi connectivity index (χ2n) is 10.3. The van der Waals surface area contributed by atoms with Crippen molar-refractivity contribution in [1.29, 1.82) is 0 Å². The molecule has 11 nitrogen and oxygen atoms in total. The van der Waals surface area contributed by atoms with Gasteiger partial charge < -0.3 is 33.3 Å². The minimum absolute atomic E-state index is 0.0440. The van der Waals surface area contributed by atoms with Crippen LogP contribution in [0.3, 0.4) is 0 Å². The SMILES string of the molecule is COc1ccc(C(OC[C@H]2O[C@@H](n3cc(C)c(=O)[nH]c3=O)CC2OP(O)(O)=S)(c2ccccc2)c2ccc(OC)cc2)cc1. The lowest BCUT2D eigenvalue weighted by atomic mass is 9.80. The summed E-state index contributed by atoms with van der Waals surface area (Å²) in [6, 6.07) is 24.6. The average molecular weight is 641 g/mol. The number of aryl methyl sites for hydroxylation is 1. The third kappa shape index (κ3) is 6.72. The van der Waals surface area contributed by atoms with E-state index in [0.717, 1.165) is 16.7 Å². The van der Waals surface area contributed by atoms with Crippen LogP contribution >= 0.6 is 6.72 Å². The Morgan fingerprint density at radius 3 is 2.00 bits per heavy atom.